The minimum absolute atomic E-state index is 0.462. The van der Waals surface area contributed by atoms with Crippen molar-refractivity contribution < 1.29 is 5.11 Å². The second-order valence-electron chi connectivity index (χ2n) is 6.66. The molecule has 1 unspecified atom stereocenters. The van der Waals surface area contributed by atoms with Crippen molar-refractivity contribution >= 4 is 5.96 Å². The number of nitrogens with one attached hydrogen (secondary N) is 2. The van der Waals surface area contributed by atoms with Gasteiger partial charge < -0.3 is 15.7 Å². The van der Waals surface area contributed by atoms with Crippen LogP contribution >= 0.6 is 0 Å². The Morgan fingerprint density at radius 2 is 1.88 bits per heavy atom. The van der Waals surface area contributed by atoms with E-state index in [2.05, 4.69) is 40.7 Å². The molecule has 0 aromatic heterocycles. The summed E-state index contributed by atoms with van der Waals surface area (Å²) in [6, 6.07) is 16.4. The lowest BCUT2D eigenvalue weighted by Crippen LogP contribution is -2.45. The molecule has 3 rings (SSSR count). The van der Waals surface area contributed by atoms with Crippen molar-refractivity contribution in [2.24, 2.45) is 4.99 Å². The summed E-state index contributed by atoms with van der Waals surface area (Å²) in [4.78, 5) is 4.68. The Morgan fingerprint density at radius 3 is 2.68 bits per heavy atom. The molecule has 0 fully saturated rings. The number of rotatable bonds is 5. The SMILES string of the molecule is CCNC(=NCc1ccccc1C)NCC1(O)CCc2ccccc21. The van der Waals surface area contributed by atoms with Crippen LogP contribution in [0.1, 0.15) is 35.6 Å². The molecule has 25 heavy (non-hydrogen) atoms. The smallest absolute Gasteiger partial charge is 0.191 e. The molecule has 2 aromatic carbocycles. The number of aryl methyl sites for hydroxylation is 2. The summed E-state index contributed by atoms with van der Waals surface area (Å²) in [6.45, 7) is 6.02. The van der Waals surface area contributed by atoms with Gasteiger partial charge in [0.2, 0.25) is 0 Å². The van der Waals surface area contributed by atoms with Gasteiger partial charge in [0.1, 0.15) is 5.60 Å². The van der Waals surface area contributed by atoms with E-state index in [0.717, 1.165) is 30.9 Å². The molecule has 132 valence electrons. The van der Waals surface area contributed by atoms with E-state index in [1.54, 1.807) is 0 Å². The highest BCUT2D eigenvalue weighted by Crippen LogP contribution is 2.36. The fourth-order valence-electron chi connectivity index (χ4n) is 3.38. The number of aliphatic hydroxyl groups is 1. The van der Waals surface area contributed by atoms with Crippen LogP contribution in [0.2, 0.25) is 0 Å². The number of nitrogens with zero attached hydrogens (tertiary/aromatic N) is 1. The van der Waals surface area contributed by atoms with Crippen LogP contribution in [0.15, 0.2) is 53.5 Å². The number of aliphatic imine (C=N–C) groups is 1. The molecular formula is C21H27N3O. The zero-order valence-corrected chi connectivity index (χ0v) is 15.0. The van der Waals surface area contributed by atoms with Crippen LogP contribution in [0.5, 0.6) is 0 Å². The molecule has 0 amide bonds. The molecule has 0 heterocycles. The molecule has 3 N–H and O–H groups in total. The average molecular weight is 337 g/mol. The van der Waals surface area contributed by atoms with Crippen molar-refractivity contribution in [3.8, 4) is 0 Å². The van der Waals surface area contributed by atoms with Gasteiger partial charge in [0.15, 0.2) is 5.96 Å². The van der Waals surface area contributed by atoms with Crippen LogP contribution in [0.4, 0.5) is 0 Å². The first-order valence-electron chi connectivity index (χ1n) is 9.00. The summed E-state index contributed by atoms with van der Waals surface area (Å²) < 4.78 is 0. The Kier molecular flexibility index (Phi) is 5.39. The van der Waals surface area contributed by atoms with Crippen molar-refractivity contribution in [3.63, 3.8) is 0 Å². The third-order valence-corrected chi connectivity index (χ3v) is 4.89. The van der Waals surface area contributed by atoms with Crippen LogP contribution in [0.25, 0.3) is 0 Å². The molecule has 0 bridgehead atoms. The predicted octanol–water partition coefficient (Wildman–Crippen LogP) is 2.88. The van der Waals surface area contributed by atoms with E-state index in [9.17, 15) is 5.11 Å². The van der Waals surface area contributed by atoms with E-state index < -0.39 is 5.60 Å². The van der Waals surface area contributed by atoms with Crippen molar-refractivity contribution in [1.82, 2.24) is 10.6 Å². The minimum Gasteiger partial charge on any atom is -0.383 e. The predicted molar refractivity (Wildman–Crippen MR) is 103 cm³/mol. The van der Waals surface area contributed by atoms with Crippen LogP contribution in [-0.2, 0) is 18.6 Å². The Hall–Kier alpha value is -2.33. The number of benzene rings is 2. The molecule has 1 atom stereocenters. The van der Waals surface area contributed by atoms with Crippen molar-refractivity contribution in [2.75, 3.05) is 13.1 Å². The maximum Gasteiger partial charge on any atom is 0.191 e. The van der Waals surface area contributed by atoms with E-state index in [0.29, 0.717) is 13.1 Å². The van der Waals surface area contributed by atoms with Gasteiger partial charge >= 0.3 is 0 Å². The zero-order chi connectivity index (χ0) is 17.7. The first-order chi connectivity index (χ1) is 12.1. The van der Waals surface area contributed by atoms with E-state index in [1.165, 1.54) is 16.7 Å². The van der Waals surface area contributed by atoms with Crippen molar-refractivity contribution in [2.45, 2.75) is 38.8 Å². The second-order valence-corrected chi connectivity index (χ2v) is 6.66. The molecule has 1 aliphatic carbocycles. The van der Waals surface area contributed by atoms with Gasteiger partial charge in [0.25, 0.3) is 0 Å². The third-order valence-electron chi connectivity index (χ3n) is 4.89. The van der Waals surface area contributed by atoms with Crippen LogP contribution in [-0.4, -0.2) is 24.2 Å². The number of guanidine groups is 1. The van der Waals surface area contributed by atoms with Gasteiger partial charge in [-0.25, -0.2) is 4.99 Å². The zero-order valence-electron chi connectivity index (χ0n) is 15.0. The number of hydrogen-bond donors (Lipinski definition) is 3. The highest BCUT2D eigenvalue weighted by molar-refractivity contribution is 5.79. The molecular weight excluding hydrogens is 310 g/mol. The van der Waals surface area contributed by atoms with Gasteiger partial charge in [-0.15, -0.1) is 0 Å². The summed E-state index contributed by atoms with van der Waals surface area (Å²) in [5, 5.41) is 17.6. The average Bonchev–Trinajstić information content (AvgIpc) is 2.97. The number of hydrogen-bond acceptors (Lipinski definition) is 2. The first-order valence-corrected chi connectivity index (χ1v) is 9.00. The molecule has 0 saturated carbocycles. The Morgan fingerprint density at radius 1 is 1.12 bits per heavy atom. The lowest BCUT2D eigenvalue weighted by Gasteiger charge is -2.25. The fourth-order valence-corrected chi connectivity index (χ4v) is 3.38. The monoisotopic (exact) mass is 337 g/mol. The van der Waals surface area contributed by atoms with Gasteiger partial charge in [-0.2, -0.15) is 0 Å². The summed E-state index contributed by atoms with van der Waals surface area (Å²) in [5.74, 6) is 0.739. The lowest BCUT2D eigenvalue weighted by molar-refractivity contribution is 0.0432. The molecule has 2 aromatic rings. The third kappa shape index (κ3) is 4.02. The standard InChI is InChI=1S/C21H27N3O/c1-3-22-20(23-14-18-10-5-4-8-16(18)2)24-15-21(25)13-12-17-9-6-7-11-19(17)21/h4-11,25H,3,12-15H2,1-2H3,(H2,22,23,24). The molecule has 0 radical (unpaired) electrons. The van der Waals surface area contributed by atoms with Crippen molar-refractivity contribution in [1.29, 1.82) is 0 Å². The molecule has 4 nitrogen and oxygen atoms in total. The Bertz CT molecular complexity index is 756. The van der Waals surface area contributed by atoms with E-state index in [-0.39, 0.29) is 0 Å². The topological polar surface area (TPSA) is 56.7 Å². The number of fused-ring (bicyclic) bond motifs is 1. The fraction of sp³-hybridized carbons (Fsp3) is 0.381. The maximum absolute atomic E-state index is 11.0. The van der Waals surface area contributed by atoms with Crippen molar-refractivity contribution in [3.05, 3.63) is 70.8 Å². The van der Waals surface area contributed by atoms with Crippen LogP contribution < -0.4 is 10.6 Å². The Labute approximate surface area is 150 Å². The summed E-state index contributed by atoms with van der Waals surface area (Å²) in [7, 11) is 0. The largest absolute Gasteiger partial charge is 0.383 e. The first kappa shape index (κ1) is 17.5. The van der Waals surface area contributed by atoms with Crippen LogP contribution in [0.3, 0.4) is 0 Å². The molecule has 0 aliphatic heterocycles. The highest BCUT2D eigenvalue weighted by Gasteiger charge is 2.36. The summed E-state index contributed by atoms with van der Waals surface area (Å²) >= 11 is 0. The molecule has 1 aliphatic rings. The summed E-state index contributed by atoms with van der Waals surface area (Å²) in [6.07, 6.45) is 1.67. The van der Waals surface area contributed by atoms with Gasteiger partial charge in [0.05, 0.1) is 13.1 Å². The van der Waals surface area contributed by atoms with E-state index in [1.807, 2.05) is 37.3 Å². The normalized spacial score (nSPS) is 19.6. The second kappa shape index (κ2) is 7.70. The maximum atomic E-state index is 11.0. The summed E-state index contributed by atoms with van der Waals surface area (Å²) in [5.41, 5.74) is 3.91. The van der Waals surface area contributed by atoms with Gasteiger partial charge in [-0.05, 0) is 48.9 Å². The van der Waals surface area contributed by atoms with Gasteiger partial charge in [-0.1, -0.05) is 48.5 Å². The lowest BCUT2D eigenvalue weighted by atomic mass is 9.96. The van der Waals surface area contributed by atoms with Gasteiger partial charge in [0, 0.05) is 6.54 Å². The molecule has 4 heteroatoms. The Balaban J connectivity index is 1.68. The minimum atomic E-state index is -0.824. The molecule has 0 spiro atoms. The molecule has 0 saturated heterocycles. The quantitative estimate of drug-likeness (QED) is 0.581. The van der Waals surface area contributed by atoms with Gasteiger partial charge in [-0.3, -0.25) is 0 Å². The van der Waals surface area contributed by atoms with E-state index in [4.69, 9.17) is 0 Å². The highest BCUT2D eigenvalue weighted by atomic mass is 16.3. The van der Waals surface area contributed by atoms with E-state index >= 15 is 0 Å². The van der Waals surface area contributed by atoms with Crippen LogP contribution in [0, 0.1) is 6.92 Å².